The van der Waals surface area contributed by atoms with E-state index in [1.54, 1.807) is 0 Å². The molecule has 1 heterocycles. The van der Waals surface area contributed by atoms with Crippen LogP contribution < -0.4 is 0 Å². The number of hydrogen-bond donors (Lipinski definition) is 3. The smallest absolute Gasteiger partial charge is 0.114 e. The third kappa shape index (κ3) is 12.7. The van der Waals surface area contributed by atoms with Crippen LogP contribution in [0, 0.1) is 0 Å². The van der Waals surface area contributed by atoms with Gasteiger partial charge in [0.25, 0.3) is 0 Å². The molecule has 1 aliphatic heterocycles. The van der Waals surface area contributed by atoms with Crippen LogP contribution >= 0.6 is 0 Å². The molecule has 0 aliphatic carbocycles. The Morgan fingerprint density at radius 1 is 0.897 bits per heavy atom. The molecule has 0 amide bonds. The highest BCUT2D eigenvalue weighted by molar-refractivity contribution is 4.89. The lowest BCUT2D eigenvalue weighted by Crippen LogP contribution is -2.41. The zero-order valence-corrected chi connectivity index (χ0v) is 18.6. The van der Waals surface area contributed by atoms with Crippen molar-refractivity contribution >= 4 is 0 Å². The Hall–Kier alpha value is -0.460. The minimum absolute atomic E-state index is 0.255. The van der Waals surface area contributed by atoms with E-state index in [0.29, 0.717) is 6.61 Å². The summed E-state index contributed by atoms with van der Waals surface area (Å²) in [5.41, 5.74) is 0. The summed E-state index contributed by atoms with van der Waals surface area (Å²) in [7, 11) is 0. The Morgan fingerprint density at radius 2 is 1.45 bits per heavy atom. The Labute approximate surface area is 178 Å². The highest BCUT2D eigenvalue weighted by Crippen LogP contribution is 2.20. The Kier molecular flexibility index (Phi) is 16.8. The minimum Gasteiger partial charge on any atom is -0.394 e. The van der Waals surface area contributed by atoms with Gasteiger partial charge in [-0.15, -0.1) is 0 Å². The lowest BCUT2D eigenvalue weighted by molar-refractivity contribution is -0.0726. The van der Waals surface area contributed by atoms with E-state index in [4.69, 9.17) is 14.6 Å². The van der Waals surface area contributed by atoms with Crippen LogP contribution in [-0.4, -0.2) is 59.6 Å². The molecule has 1 rings (SSSR count). The van der Waals surface area contributed by atoms with Crippen molar-refractivity contribution in [2.75, 3.05) is 19.8 Å². The van der Waals surface area contributed by atoms with Crippen molar-refractivity contribution in [3.05, 3.63) is 12.2 Å². The van der Waals surface area contributed by atoms with Gasteiger partial charge in [0.05, 0.1) is 19.8 Å². The standard InChI is InChI=1S/C24H46O5/c1-2-3-4-5-6-7-8-9-10-11-12-13-14-15-16-17-18-28-22-20-29-24(23(22)27)21(26)19-25/h15-16,21-27H,2-14,17-20H2,1H3/b16-15+/t21-,22+,23-,24-/m0/s1. The van der Waals surface area contributed by atoms with Gasteiger partial charge in [-0.25, -0.2) is 0 Å². The van der Waals surface area contributed by atoms with Crippen LogP contribution in [0.1, 0.15) is 96.8 Å². The molecule has 172 valence electrons. The van der Waals surface area contributed by atoms with Crippen LogP contribution in [0.15, 0.2) is 12.2 Å². The highest BCUT2D eigenvalue weighted by atomic mass is 16.6. The quantitative estimate of drug-likeness (QED) is 0.214. The van der Waals surface area contributed by atoms with Gasteiger partial charge in [0.2, 0.25) is 0 Å². The second-order valence-corrected chi connectivity index (χ2v) is 8.39. The first-order chi connectivity index (χ1) is 14.2. The second kappa shape index (κ2) is 18.3. The lowest BCUT2D eigenvalue weighted by Gasteiger charge is -2.20. The summed E-state index contributed by atoms with van der Waals surface area (Å²) < 4.78 is 11.0. The molecule has 3 N–H and O–H groups in total. The molecule has 0 radical (unpaired) electrons. The fourth-order valence-corrected chi connectivity index (χ4v) is 3.83. The minimum atomic E-state index is -1.06. The predicted molar refractivity (Wildman–Crippen MR) is 118 cm³/mol. The van der Waals surface area contributed by atoms with Crippen molar-refractivity contribution in [1.82, 2.24) is 0 Å². The van der Waals surface area contributed by atoms with Crippen LogP contribution in [0.2, 0.25) is 0 Å². The van der Waals surface area contributed by atoms with E-state index in [0.717, 1.165) is 12.8 Å². The summed E-state index contributed by atoms with van der Waals surface area (Å²) in [6.45, 7) is 2.64. The average Bonchev–Trinajstić information content (AvgIpc) is 3.10. The monoisotopic (exact) mass is 414 g/mol. The largest absolute Gasteiger partial charge is 0.394 e. The van der Waals surface area contributed by atoms with Crippen molar-refractivity contribution in [1.29, 1.82) is 0 Å². The van der Waals surface area contributed by atoms with Crippen molar-refractivity contribution in [2.45, 2.75) is 121 Å². The van der Waals surface area contributed by atoms with Crippen LogP contribution in [0.3, 0.4) is 0 Å². The number of allylic oxidation sites excluding steroid dienone is 1. The van der Waals surface area contributed by atoms with Gasteiger partial charge < -0.3 is 24.8 Å². The first-order valence-corrected chi connectivity index (χ1v) is 12.1. The number of aliphatic hydroxyl groups is 3. The van der Waals surface area contributed by atoms with Gasteiger partial charge in [0.15, 0.2) is 0 Å². The Balaban J connectivity index is 1.84. The van der Waals surface area contributed by atoms with Gasteiger partial charge in [-0.05, 0) is 19.3 Å². The molecular formula is C24H46O5. The third-order valence-corrected chi connectivity index (χ3v) is 5.74. The maximum atomic E-state index is 10.0. The molecule has 29 heavy (non-hydrogen) atoms. The van der Waals surface area contributed by atoms with Crippen molar-refractivity contribution in [3.63, 3.8) is 0 Å². The number of hydrogen-bond acceptors (Lipinski definition) is 5. The fourth-order valence-electron chi connectivity index (χ4n) is 3.83. The maximum Gasteiger partial charge on any atom is 0.114 e. The highest BCUT2D eigenvalue weighted by Gasteiger charge is 2.40. The molecule has 0 aromatic rings. The van der Waals surface area contributed by atoms with Gasteiger partial charge in [-0.1, -0.05) is 89.7 Å². The molecule has 0 aromatic carbocycles. The summed E-state index contributed by atoms with van der Waals surface area (Å²) in [5, 5.41) is 28.6. The molecule has 1 fully saturated rings. The van der Waals surface area contributed by atoms with Crippen LogP contribution in [-0.2, 0) is 9.47 Å². The first-order valence-electron chi connectivity index (χ1n) is 12.1. The molecule has 0 aromatic heterocycles. The molecule has 0 unspecified atom stereocenters. The number of ether oxygens (including phenoxy) is 2. The number of rotatable bonds is 19. The SMILES string of the molecule is CCCCCCCCCCCCCC/C=C/CCO[C@@H]1CO[C@@H]([C@@H](O)CO)[C@H]1O. The average molecular weight is 415 g/mol. The van der Waals surface area contributed by atoms with Gasteiger partial charge in [-0.2, -0.15) is 0 Å². The molecular weight excluding hydrogens is 368 g/mol. The van der Waals surface area contributed by atoms with E-state index in [9.17, 15) is 10.2 Å². The third-order valence-electron chi connectivity index (χ3n) is 5.74. The molecule has 0 bridgehead atoms. The summed E-state index contributed by atoms with van der Waals surface area (Å²) in [6, 6.07) is 0. The molecule has 0 saturated carbocycles. The number of aliphatic hydroxyl groups excluding tert-OH is 3. The molecule has 4 atom stereocenters. The van der Waals surface area contributed by atoms with Crippen LogP contribution in [0.5, 0.6) is 0 Å². The van der Waals surface area contributed by atoms with Crippen molar-refractivity contribution in [3.8, 4) is 0 Å². The maximum absolute atomic E-state index is 10.0. The molecule has 5 nitrogen and oxygen atoms in total. The van der Waals surface area contributed by atoms with E-state index in [2.05, 4.69) is 19.1 Å². The van der Waals surface area contributed by atoms with Gasteiger partial charge >= 0.3 is 0 Å². The van der Waals surface area contributed by atoms with Gasteiger partial charge in [-0.3, -0.25) is 0 Å². The summed E-state index contributed by atoms with van der Waals surface area (Å²) in [6.07, 6.45) is 19.7. The number of unbranched alkanes of at least 4 members (excludes halogenated alkanes) is 12. The Morgan fingerprint density at radius 3 is 2.03 bits per heavy atom. The van der Waals surface area contributed by atoms with Crippen LogP contribution in [0.25, 0.3) is 0 Å². The van der Waals surface area contributed by atoms with E-state index >= 15 is 0 Å². The molecule has 1 saturated heterocycles. The topological polar surface area (TPSA) is 79.2 Å². The van der Waals surface area contributed by atoms with Crippen molar-refractivity contribution in [2.24, 2.45) is 0 Å². The zero-order chi connectivity index (χ0) is 21.2. The van der Waals surface area contributed by atoms with Gasteiger partial charge in [0.1, 0.15) is 24.4 Å². The van der Waals surface area contributed by atoms with Crippen LogP contribution in [0.4, 0.5) is 0 Å². The summed E-state index contributed by atoms with van der Waals surface area (Å²) in [4.78, 5) is 0. The van der Waals surface area contributed by atoms with Gasteiger partial charge in [0, 0.05) is 0 Å². The van der Waals surface area contributed by atoms with E-state index in [-0.39, 0.29) is 6.61 Å². The van der Waals surface area contributed by atoms with E-state index in [1.165, 1.54) is 77.0 Å². The summed E-state index contributed by atoms with van der Waals surface area (Å²) in [5.74, 6) is 0. The van der Waals surface area contributed by atoms with E-state index in [1.807, 2.05) is 0 Å². The lowest BCUT2D eigenvalue weighted by atomic mass is 10.0. The molecule has 0 spiro atoms. The first kappa shape index (κ1) is 26.6. The second-order valence-electron chi connectivity index (χ2n) is 8.39. The predicted octanol–water partition coefficient (Wildman–Crippen LogP) is 4.52. The fraction of sp³-hybridized carbons (Fsp3) is 0.917. The zero-order valence-electron chi connectivity index (χ0n) is 18.6. The Bertz CT molecular complexity index is 387. The molecule has 5 heteroatoms. The summed E-state index contributed by atoms with van der Waals surface area (Å²) >= 11 is 0. The van der Waals surface area contributed by atoms with Crippen molar-refractivity contribution < 1.29 is 24.8 Å². The molecule has 1 aliphatic rings. The van der Waals surface area contributed by atoms with E-state index < -0.39 is 31.0 Å². The normalized spacial score (nSPS) is 23.2.